The lowest BCUT2D eigenvalue weighted by atomic mass is 10.0. The standard InChI is InChI=1S/C18H22N4O5S2/c19-18(21-25)14-5-3-6-15(12-14)29(26,27)22(11-9-17(23)20-24)10-8-13-4-1-2-7-16(13)28/h1-6,12,24-25H,7-11H2,(H2,19,21)(H,20,23). The number of allylic oxidation sites excluding steroid dienone is 3. The first-order chi connectivity index (χ1) is 13.8. The van der Waals surface area contributed by atoms with E-state index in [0.29, 0.717) is 12.8 Å². The van der Waals surface area contributed by atoms with Gasteiger partial charge in [-0.05, 0) is 24.1 Å². The van der Waals surface area contributed by atoms with Crippen molar-refractivity contribution in [3.8, 4) is 0 Å². The Hall–Kier alpha value is -2.60. The fourth-order valence-electron chi connectivity index (χ4n) is 2.71. The van der Waals surface area contributed by atoms with Gasteiger partial charge < -0.3 is 10.9 Å². The number of amides is 1. The number of thiocarbonyl (C=S) groups is 1. The molecule has 0 aromatic heterocycles. The summed E-state index contributed by atoms with van der Waals surface area (Å²) in [7, 11) is -4.00. The minimum Gasteiger partial charge on any atom is -0.409 e. The molecule has 0 unspecified atom stereocenters. The summed E-state index contributed by atoms with van der Waals surface area (Å²) in [6.07, 6.45) is 6.41. The van der Waals surface area contributed by atoms with E-state index in [1.54, 1.807) is 0 Å². The Labute approximate surface area is 174 Å². The molecule has 0 fully saturated rings. The van der Waals surface area contributed by atoms with Crippen molar-refractivity contribution in [2.24, 2.45) is 10.9 Å². The number of nitrogens with one attached hydrogen (secondary N) is 1. The van der Waals surface area contributed by atoms with Gasteiger partial charge in [0.25, 0.3) is 0 Å². The number of amidine groups is 1. The molecule has 9 nitrogen and oxygen atoms in total. The number of nitrogens with two attached hydrogens (primary N) is 1. The minimum absolute atomic E-state index is 0.0638. The van der Waals surface area contributed by atoms with E-state index in [0.717, 1.165) is 14.7 Å². The van der Waals surface area contributed by atoms with E-state index in [1.165, 1.54) is 29.7 Å². The average Bonchev–Trinajstić information content (AvgIpc) is 2.73. The maximum absolute atomic E-state index is 13.2. The fourth-order valence-corrected chi connectivity index (χ4v) is 4.46. The monoisotopic (exact) mass is 438 g/mol. The summed E-state index contributed by atoms with van der Waals surface area (Å²) in [5.41, 5.74) is 8.15. The average molecular weight is 439 g/mol. The Bertz CT molecular complexity index is 970. The molecule has 0 saturated heterocycles. The lowest BCUT2D eigenvalue weighted by Crippen LogP contribution is -2.36. The first-order valence-corrected chi connectivity index (χ1v) is 10.5. The highest BCUT2D eigenvalue weighted by Gasteiger charge is 2.26. The molecule has 1 amide bonds. The van der Waals surface area contributed by atoms with Crippen LogP contribution in [0, 0.1) is 0 Å². The van der Waals surface area contributed by atoms with Crippen molar-refractivity contribution in [1.29, 1.82) is 0 Å². The molecule has 0 radical (unpaired) electrons. The van der Waals surface area contributed by atoms with Gasteiger partial charge in [0.05, 0.1) is 4.90 Å². The molecule has 1 aliphatic carbocycles. The van der Waals surface area contributed by atoms with Crippen LogP contribution in [0.5, 0.6) is 0 Å². The van der Waals surface area contributed by atoms with E-state index in [1.807, 2.05) is 18.2 Å². The Morgan fingerprint density at radius 3 is 2.76 bits per heavy atom. The van der Waals surface area contributed by atoms with Gasteiger partial charge in [0.2, 0.25) is 15.9 Å². The highest BCUT2D eigenvalue weighted by molar-refractivity contribution is 7.89. The zero-order valence-corrected chi connectivity index (χ0v) is 17.1. The Balaban J connectivity index is 2.30. The molecule has 1 aromatic carbocycles. The number of carbonyl (C=O) groups excluding carboxylic acids is 1. The number of hydrogen-bond donors (Lipinski definition) is 4. The van der Waals surface area contributed by atoms with Gasteiger partial charge in [0, 0.05) is 36.4 Å². The summed E-state index contributed by atoms with van der Waals surface area (Å²) in [6.45, 7) is -0.0486. The molecule has 0 aliphatic heterocycles. The SMILES string of the molecule is NC(=NO)c1cccc(S(=O)(=O)N(CCC(=O)NO)CCC2=CC=CCC2=S)c1. The number of rotatable bonds is 9. The maximum atomic E-state index is 13.2. The molecule has 5 N–H and O–H groups in total. The molecule has 0 spiro atoms. The van der Waals surface area contributed by atoms with E-state index < -0.39 is 15.9 Å². The summed E-state index contributed by atoms with van der Waals surface area (Å²) in [5.74, 6) is -0.927. The van der Waals surface area contributed by atoms with Crippen molar-refractivity contribution in [3.05, 3.63) is 53.6 Å². The van der Waals surface area contributed by atoms with Gasteiger partial charge in [-0.3, -0.25) is 10.0 Å². The number of carbonyl (C=O) groups is 1. The van der Waals surface area contributed by atoms with Crippen LogP contribution >= 0.6 is 12.2 Å². The van der Waals surface area contributed by atoms with E-state index >= 15 is 0 Å². The predicted octanol–water partition coefficient (Wildman–Crippen LogP) is 1.31. The minimum atomic E-state index is -4.00. The largest absolute Gasteiger partial charge is 0.409 e. The lowest BCUT2D eigenvalue weighted by Gasteiger charge is -2.23. The summed E-state index contributed by atoms with van der Waals surface area (Å²) in [6, 6.07) is 5.66. The van der Waals surface area contributed by atoms with E-state index in [4.69, 9.17) is 28.4 Å². The first kappa shape index (κ1) is 22.7. The molecular weight excluding hydrogens is 416 g/mol. The zero-order valence-electron chi connectivity index (χ0n) is 15.5. The van der Waals surface area contributed by atoms with Crippen LogP contribution in [0.1, 0.15) is 24.8 Å². The topological polar surface area (TPSA) is 145 Å². The molecule has 2 rings (SSSR count). The summed E-state index contributed by atoms with van der Waals surface area (Å²) in [4.78, 5) is 12.1. The Morgan fingerprint density at radius 1 is 1.34 bits per heavy atom. The normalized spacial score (nSPS) is 14.8. The van der Waals surface area contributed by atoms with Crippen LogP contribution in [-0.2, 0) is 14.8 Å². The second kappa shape index (κ2) is 10.3. The number of oxime groups is 1. The highest BCUT2D eigenvalue weighted by atomic mass is 32.2. The zero-order chi connectivity index (χ0) is 21.4. The molecule has 29 heavy (non-hydrogen) atoms. The van der Waals surface area contributed by atoms with Crippen LogP contribution in [-0.4, -0.2) is 52.8 Å². The third-order valence-corrected chi connectivity index (χ3v) is 6.64. The molecule has 0 saturated carbocycles. The molecule has 1 aromatic rings. The quantitative estimate of drug-likeness (QED) is 0.114. The maximum Gasteiger partial charge on any atom is 0.244 e. The second-order valence-corrected chi connectivity index (χ2v) is 8.63. The van der Waals surface area contributed by atoms with Gasteiger partial charge in [-0.15, -0.1) is 0 Å². The number of benzene rings is 1. The molecule has 1 aliphatic rings. The van der Waals surface area contributed by atoms with Crippen LogP contribution in [0.4, 0.5) is 0 Å². The van der Waals surface area contributed by atoms with E-state index in [-0.39, 0.29) is 35.8 Å². The third-order valence-electron chi connectivity index (χ3n) is 4.31. The van der Waals surface area contributed by atoms with Crippen LogP contribution in [0.2, 0.25) is 0 Å². The second-order valence-electron chi connectivity index (χ2n) is 6.20. The van der Waals surface area contributed by atoms with Crippen molar-refractivity contribution in [2.45, 2.75) is 24.2 Å². The summed E-state index contributed by atoms with van der Waals surface area (Å²) < 4.78 is 27.5. The summed E-state index contributed by atoms with van der Waals surface area (Å²) in [5, 5.41) is 20.4. The van der Waals surface area contributed by atoms with E-state index in [2.05, 4.69) is 5.16 Å². The van der Waals surface area contributed by atoms with Crippen molar-refractivity contribution < 1.29 is 23.6 Å². The molecule has 0 heterocycles. The number of sulfonamides is 1. The van der Waals surface area contributed by atoms with Gasteiger partial charge in [-0.25, -0.2) is 13.9 Å². The smallest absolute Gasteiger partial charge is 0.244 e. The van der Waals surface area contributed by atoms with Crippen LogP contribution in [0.15, 0.2) is 58.1 Å². The number of nitrogens with zero attached hydrogens (tertiary/aromatic N) is 2. The van der Waals surface area contributed by atoms with Gasteiger partial charge in [-0.1, -0.05) is 47.7 Å². The fraction of sp³-hybridized carbons (Fsp3) is 0.278. The van der Waals surface area contributed by atoms with E-state index in [9.17, 15) is 13.2 Å². The molecule has 11 heteroatoms. The number of hydroxylamine groups is 1. The van der Waals surface area contributed by atoms with Gasteiger partial charge in [-0.2, -0.15) is 4.31 Å². The lowest BCUT2D eigenvalue weighted by molar-refractivity contribution is -0.129. The van der Waals surface area contributed by atoms with Crippen molar-refractivity contribution in [1.82, 2.24) is 9.79 Å². The van der Waals surface area contributed by atoms with Crippen LogP contribution < -0.4 is 11.2 Å². The first-order valence-electron chi connectivity index (χ1n) is 8.69. The van der Waals surface area contributed by atoms with Gasteiger partial charge >= 0.3 is 0 Å². The Morgan fingerprint density at radius 2 is 2.10 bits per heavy atom. The van der Waals surface area contributed by atoms with Crippen LogP contribution in [0.25, 0.3) is 0 Å². The van der Waals surface area contributed by atoms with Gasteiger partial charge in [0.1, 0.15) is 0 Å². The molecule has 156 valence electrons. The van der Waals surface area contributed by atoms with Crippen molar-refractivity contribution >= 4 is 38.8 Å². The van der Waals surface area contributed by atoms with Crippen molar-refractivity contribution in [2.75, 3.05) is 13.1 Å². The number of hydrogen-bond acceptors (Lipinski definition) is 7. The third kappa shape index (κ3) is 5.94. The van der Waals surface area contributed by atoms with Crippen molar-refractivity contribution in [3.63, 3.8) is 0 Å². The summed E-state index contributed by atoms with van der Waals surface area (Å²) >= 11 is 5.31. The molecule has 0 bridgehead atoms. The predicted molar refractivity (Wildman–Crippen MR) is 111 cm³/mol. The highest BCUT2D eigenvalue weighted by Crippen LogP contribution is 2.21. The molecular formula is C18H22N4O5S2. The Kier molecular flexibility index (Phi) is 8.02. The van der Waals surface area contributed by atoms with Crippen LogP contribution in [0.3, 0.4) is 0 Å². The van der Waals surface area contributed by atoms with Gasteiger partial charge in [0.15, 0.2) is 5.84 Å². The molecule has 0 atom stereocenters.